The Kier molecular flexibility index (Phi) is 2.39. The highest BCUT2D eigenvalue weighted by Gasteiger charge is 2.05. The van der Waals surface area contributed by atoms with Gasteiger partial charge in [0.05, 0.1) is 6.54 Å². The third-order valence-electron chi connectivity index (χ3n) is 2.13. The first-order valence-corrected chi connectivity index (χ1v) is 4.82. The molecule has 2 heterocycles. The van der Waals surface area contributed by atoms with Crippen molar-refractivity contribution in [2.24, 2.45) is 0 Å². The Morgan fingerprint density at radius 3 is 2.86 bits per heavy atom. The summed E-state index contributed by atoms with van der Waals surface area (Å²) < 4.78 is 7.51. The van der Waals surface area contributed by atoms with Crippen LogP contribution in [-0.2, 0) is 6.54 Å². The number of nitrogens with zero attached hydrogens (tertiary/aromatic N) is 2. The minimum Gasteiger partial charge on any atom is -0.464 e. The molecular formula is C11H14N2O. The molecule has 0 spiro atoms. The maximum atomic E-state index is 5.66. The lowest BCUT2D eigenvalue weighted by atomic mass is 10.2. The van der Waals surface area contributed by atoms with Gasteiger partial charge in [0.2, 0.25) is 0 Å². The largest absolute Gasteiger partial charge is 0.464 e. The Bertz CT molecular complexity index is 387. The standard InChI is InChI=1S/C11H14N2O/c1-9(2)11-5-4-10(14-11)8-13-7-3-6-12-13/h3-7,9H,8H2,1-2H3. The third kappa shape index (κ3) is 1.87. The van der Waals surface area contributed by atoms with Gasteiger partial charge in [-0.1, -0.05) is 13.8 Å². The van der Waals surface area contributed by atoms with Crippen molar-refractivity contribution < 1.29 is 4.42 Å². The van der Waals surface area contributed by atoms with E-state index in [9.17, 15) is 0 Å². The molecule has 0 radical (unpaired) electrons. The molecule has 0 amide bonds. The lowest BCUT2D eigenvalue weighted by Gasteiger charge is -1.99. The van der Waals surface area contributed by atoms with E-state index in [-0.39, 0.29) is 0 Å². The topological polar surface area (TPSA) is 31.0 Å². The van der Waals surface area contributed by atoms with Crippen LogP contribution in [0, 0.1) is 0 Å². The molecule has 0 aliphatic carbocycles. The number of hydrogen-bond acceptors (Lipinski definition) is 2. The van der Waals surface area contributed by atoms with E-state index >= 15 is 0 Å². The van der Waals surface area contributed by atoms with Crippen LogP contribution in [0.3, 0.4) is 0 Å². The van der Waals surface area contributed by atoms with Gasteiger partial charge in [-0.2, -0.15) is 5.10 Å². The van der Waals surface area contributed by atoms with Gasteiger partial charge in [0.15, 0.2) is 0 Å². The van der Waals surface area contributed by atoms with Crippen LogP contribution in [0.4, 0.5) is 0 Å². The SMILES string of the molecule is CC(C)c1ccc(Cn2cccn2)o1. The van der Waals surface area contributed by atoms with Crippen LogP contribution in [0.25, 0.3) is 0 Å². The first-order valence-electron chi connectivity index (χ1n) is 4.82. The van der Waals surface area contributed by atoms with Crippen LogP contribution in [-0.4, -0.2) is 9.78 Å². The number of aromatic nitrogens is 2. The quantitative estimate of drug-likeness (QED) is 0.745. The highest BCUT2D eigenvalue weighted by atomic mass is 16.3. The van der Waals surface area contributed by atoms with Crippen LogP contribution in [0.15, 0.2) is 35.0 Å². The van der Waals surface area contributed by atoms with Gasteiger partial charge in [0, 0.05) is 18.3 Å². The molecule has 2 aromatic heterocycles. The lowest BCUT2D eigenvalue weighted by molar-refractivity contribution is 0.430. The molecule has 3 nitrogen and oxygen atoms in total. The summed E-state index contributed by atoms with van der Waals surface area (Å²) in [6.07, 6.45) is 3.70. The van der Waals surface area contributed by atoms with E-state index in [1.165, 1.54) is 0 Å². The predicted octanol–water partition coefficient (Wildman–Crippen LogP) is 2.65. The molecule has 0 aliphatic heterocycles. The van der Waals surface area contributed by atoms with Crippen molar-refractivity contribution in [1.82, 2.24) is 9.78 Å². The summed E-state index contributed by atoms with van der Waals surface area (Å²) in [6, 6.07) is 5.95. The molecule has 74 valence electrons. The van der Waals surface area contributed by atoms with Crippen LogP contribution < -0.4 is 0 Å². The zero-order valence-corrected chi connectivity index (χ0v) is 8.47. The first-order chi connectivity index (χ1) is 6.75. The highest BCUT2D eigenvalue weighted by molar-refractivity contribution is 5.10. The molecular weight excluding hydrogens is 176 g/mol. The van der Waals surface area contributed by atoms with Crippen molar-refractivity contribution >= 4 is 0 Å². The molecule has 0 N–H and O–H groups in total. The van der Waals surface area contributed by atoms with E-state index in [2.05, 4.69) is 18.9 Å². The minimum absolute atomic E-state index is 0.446. The van der Waals surface area contributed by atoms with Gasteiger partial charge in [0.25, 0.3) is 0 Å². The van der Waals surface area contributed by atoms with Crippen LogP contribution in [0.5, 0.6) is 0 Å². The van der Waals surface area contributed by atoms with Crippen LogP contribution in [0.1, 0.15) is 31.3 Å². The first kappa shape index (κ1) is 9.06. The Morgan fingerprint density at radius 1 is 1.43 bits per heavy atom. The molecule has 3 heteroatoms. The van der Waals surface area contributed by atoms with Gasteiger partial charge in [-0.15, -0.1) is 0 Å². The second-order valence-corrected chi connectivity index (χ2v) is 3.66. The number of furan rings is 1. The molecule has 0 saturated carbocycles. The average Bonchev–Trinajstić information content (AvgIpc) is 2.75. The summed E-state index contributed by atoms with van der Waals surface area (Å²) in [5.41, 5.74) is 0. The molecule has 0 fully saturated rings. The summed E-state index contributed by atoms with van der Waals surface area (Å²) in [6.45, 7) is 4.95. The van der Waals surface area contributed by atoms with Gasteiger partial charge >= 0.3 is 0 Å². The maximum absolute atomic E-state index is 5.66. The van der Waals surface area contributed by atoms with Crippen molar-refractivity contribution in [2.75, 3.05) is 0 Å². The molecule has 0 atom stereocenters. The van der Waals surface area contributed by atoms with Gasteiger partial charge in [-0.25, -0.2) is 0 Å². The van der Waals surface area contributed by atoms with E-state index in [4.69, 9.17) is 4.42 Å². The summed E-state index contributed by atoms with van der Waals surface area (Å²) >= 11 is 0. The minimum atomic E-state index is 0.446. The molecule has 0 bridgehead atoms. The van der Waals surface area contributed by atoms with Gasteiger partial charge in [0.1, 0.15) is 11.5 Å². The molecule has 14 heavy (non-hydrogen) atoms. The summed E-state index contributed by atoms with van der Waals surface area (Å²) in [5, 5.41) is 4.12. The zero-order valence-electron chi connectivity index (χ0n) is 8.47. The second-order valence-electron chi connectivity index (χ2n) is 3.66. The van der Waals surface area contributed by atoms with E-state index in [0.717, 1.165) is 11.5 Å². The van der Waals surface area contributed by atoms with Crippen molar-refractivity contribution in [1.29, 1.82) is 0 Å². The fourth-order valence-corrected chi connectivity index (χ4v) is 1.34. The monoisotopic (exact) mass is 190 g/mol. The fourth-order valence-electron chi connectivity index (χ4n) is 1.34. The molecule has 2 aromatic rings. The van der Waals surface area contributed by atoms with Crippen molar-refractivity contribution in [3.63, 3.8) is 0 Å². The summed E-state index contributed by atoms with van der Waals surface area (Å²) in [5.74, 6) is 2.44. The molecule has 2 rings (SSSR count). The van der Waals surface area contributed by atoms with Gasteiger partial charge in [-0.05, 0) is 18.2 Å². The molecule has 0 saturated heterocycles. The van der Waals surface area contributed by atoms with E-state index in [1.807, 2.05) is 29.1 Å². The summed E-state index contributed by atoms with van der Waals surface area (Å²) in [7, 11) is 0. The Hall–Kier alpha value is -1.51. The normalized spacial score (nSPS) is 11.1. The smallest absolute Gasteiger partial charge is 0.125 e. The molecule has 0 aliphatic rings. The Balaban J connectivity index is 2.11. The second kappa shape index (κ2) is 3.70. The van der Waals surface area contributed by atoms with Crippen molar-refractivity contribution in [3.8, 4) is 0 Å². The lowest BCUT2D eigenvalue weighted by Crippen LogP contribution is -1.98. The number of rotatable bonds is 3. The molecule has 0 unspecified atom stereocenters. The Labute approximate surface area is 83.3 Å². The fraction of sp³-hybridized carbons (Fsp3) is 0.364. The molecule has 0 aromatic carbocycles. The van der Waals surface area contributed by atoms with Crippen LogP contribution >= 0.6 is 0 Å². The van der Waals surface area contributed by atoms with E-state index < -0.39 is 0 Å². The van der Waals surface area contributed by atoms with Crippen molar-refractivity contribution in [3.05, 3.63) is 42.1 Å². The summed E-state index contributed by atoms with van der Waals surface area (Å²) in [4.78, 5) is 0. The van der Waals surface area contributed by atoms with Crippen molar-refractivity contribution in [2.45, 2.75) is 26.3 Å². The van der Waals surface area contributed by atoms with E-state index in [0.29, 0.717) is 12.5 Å². The third-order valence-corrected chi connectivity index (χ3v) is 2.13. The van der Waals surface area contributed by atoms with E-state index in [1.54, 1.807) is 6.20 Å². The highest BCUT2D eigenvalue weighted by Crippen LogP contribution is 2.17. The Morgan fingerprint density at radius 2 is 2.29 bits per heavy atom. The average molecular weight is 190 g/mol. The van der Waals surface area contributed by atoms with Gasteiger partial charge in [-0.3, -0.25) is 4.68 Å². The maximum Gasteiger partial charge on any atom is 0.125 e. The van der Waals surface area contributed by atoms with Crippen LogP contribution in [0.2, 0.25) is 0 Å². The number of hydrogen-bond donors (Lipinski definition) is 0. The predicted molar refractivity (Wildman–Crippen MR) is 54.1 cm³/mol. The van der Waals surface area contributed by atoms with Gasteiger partial charge < -0.3 is 4.42 Å². The zero-order chi connectivity index (χ0) is 9.97.